The summed E-state index contributed by atoms with van der Waals surface area (Å²) in [5.74, 6) is -0.244. The largest absolute Gasteiger partial charge is 0.351 e. The molecule has 0 atom stereocenters. The Kier molecular flexibility index (Phi) is 4.63. The minimum Gasteiger partial charge on any atom is -0.351 e. The summed E-state index contributed by atoms with van der Waals surface area (Å²) in [5, 5.41) is 2.88. The van der Waals surface area contributed by atoms with Crippen LogP contribution < -0.4 is 10.9 Å². The SMILES string of the molecule is CC(C)(CNC(=O)c1cc[nH]c(=O)c1)c1ccc(Br)cc1. The van der Waals surface area contributed by atoms with Crippen molar-refractivity contribution < 1.29 is 4.79 Å². The number of hydrogen-bond donors (Lipinski definition) is 2. The summed E-state index contributed by atoms with van der Waals surface area (Å²) in [7, 11) is 0. The second kappa shape index (κ2) is 6.26. The van der Waals surface area contributed by atoms with Crippen molar-refractivity contribution in [1.82, 2.24) is 10.3 Å². The smallest absolute Gasteiger partial charge is 0.251 e. The number of hydrogen-bond acceptors (Lipinski definition) is 2. The molecule has 0 aliphatic heterocycles. The first-order chi connectivity index (χ1) is 9.88. The number of carbonyl (C=O) groups excluding carboxylic acids is 1. The maximum Gasteiger partial charge on any atom is 0.251 e. The summed E-state index contributed by atoms with van der Waals surface area (Å²) >= 11 is 3.41. The van der Waals surface area contributed by atoms with Gasteiger partial charge in [0.2, 0.25) is 5.56 Å². The second-order valence-corrected chi connectivity index (χ2v) is 6.43. The number of H-pyrrole nitrogens is 1. The third kappa shape index (κ3) is 4.04. The lowest BCUT2D eigenvalue weighted by atomic mass is 9.84. The van der Waals surface area contributed by atoms with Crippen molar-refractivity contribution in [2.24, 2.45) is 0 Å². The Morgan fingerprint density at radius 2 is 1.90 bits per heavy atom. The zero-order chi connectivity index (χ0) is 15.5. The Morgan fingerprint density at radius 1 is 1.24 bits per heavy atom. The Hall–Kier alpha value is -1.88. The third-order valence-corrected chi connectivity index (χ3v) is 3.88. The molecule has 110 valence electrons. The van der Waals surface area contributed by atoms with Crippen LogP contribution in [0, 0.1) is 0 Å². The molecule has 0 bridgehead atoms. The normalized spacial score (nSPS) is 11.2. The van der Waals surface area contributed by atoms with Crippen LogP contribution in [0.2, 0.25) is 0 Å². The number of aromatic amines is 1. The van der Waals surface area contributed by atoms with Gasteiger partial charge in [-0.25, -0.2) is 0 Å². The molecule has 0 unspecified atom stereocenters. The molecule has 0 aliphatic carbocycles. The zero-order valence-electron chi connectivity index (χ0n) is 11.9. The van der Waals surface area contributed by atoms with E-state index in [9.17, 15) is 9.59 Å². The first kappa shape index (κ1) is 15.5. The van der Waals surface area contributed by atoms with Crippen molar-refractivity contribution >= 4 is 21.8 Å². The van der Waals surface area contributed by atoms with Gasteiger partial charge in [-0.2, -0.15) is 0 Å². The van der Waals surface area contributed by atoms with Gasteiger partial charge in [0.1, 0.15) is 0 Å². The van der Waals surface area contributed by atoms with Gasteiger partial charge in [-0.3, -0.25) is 9.59 Å². The molecular weight excluding hydrogens is 332 g/mol. The van der Waals surface area contributed by atoms with E-state index in [1.807, 2.05) is 24.3 Å². The molecular formula is C16H17BrN2O2. The number of amides is 1. The molecule has 0 aliphatic rings. The monoisotopic (exact) mass is 348 g/mol. The summed E-state index contributed by atoms with van der Waals surface area (Å²) in [5.41, 5.74) is 1.02. The fourth-order valence-corrected chi connectivity index (χ4v) is 2.26. The van der Waals surface area contributed by atoms with E-state index < -0.39 is 0 Å². The minimum absolute atomic E-state index is 0.197. The molecule has 0 radical (unpaired) electrons. The molecule has 1 aromatic carbocycles. The Labute approximate surface area is 131 Å². The number of rotatable bonds is 4. The van der Waals surface area contributed by atoms with Gasteiger partial charge in [0.05, 0.1) is 0 Å². The number of aromatic nitrogens is 1. The molecule has 2 N–H and O–H groups in total. The fourth-order valence-electron chi connectivity index (χ4n) is 1.99. The fraction of sp³-hybridized carbons (Fsp3) is 0.250. The standard InChI is InChI=1S/C16H17BrN2O2/c1-16(2,12-3-5-13(17)6-4-12)10-19-15(21)11-7-8-18-14(20)9-11/h3-9H,10H2,1-2H3,(H,18,20)(H,19,21). The van der Waals surface area contributed by atoms with Gasteiger partial charge in [0, 0.05) is 34.3 Å². The molecule has 0 spiro atoms. The van der Waals surface area contributed by atoms with E-state index in [1.165, 1.54) is 12.3 Å². The quantitative estimate of drug-likeness (QED) is 0.892. The van der Waals surface area contributed by atoms with Crippen molar-refractivity contribution in [3.05, 3.63) is 68.5 Å². The van der Waals surface area contributed by atoms with Gasteiger partial charge in [0.15, 0.2) is 0 Å². The number of pyridine rings is 1. The summed E-state index contributed by atoms with van der Waals surface area (Å²) in [6.45, 7) is 4.61. The van der Waals surface area contributed by atoms with E-state index >= 15 is 0 Å². The van der Waals surface area contributed by atoms with E-state index in [2.05, 4.69) is 40.1 Å². The van der Waals surface area contributed by atoms with Crippen LogP contribution in [0.5, 0.6) is 0 Å². The Balaban J connectivity index is 2.06. The first-order valence-corrected chi connectivity index (χ1v) is 7.41. The maximum atomic E-state index is 12.1. The second-order valence-electron chi connectivity index (χ2n) is 5.52. The average molecular weight is 349 g/mol. The van der Waals surface area contributed by atoms with Crippen LogP contribution in [-0.2, 0) is 5.41 Å². The molecule has 2 rings (SSSR count). The number of halogens is 1. The van der Waals surface area contributed by atoms with E-state index in [0.29, 0.717) is 12.1 Å². The molecule has 21 heavy (non-hydrogen) atoms. The molecule has 2 aromatic rings. The van der Waals surface area contributed by atoms with Crippen molar-refractivity contribution in [2.75, 3.05) is 6.54 Å². The Morgan fingerprint density at radius 3 is 2.52 bits per heavy atom. The lowest BCUT2D eigenvalue weighted by Crippen LogP contribution is -2.37. The van der Waals surface area contributed by atoms with Gasteiger partial charge in [-0.05, 0) is 23.8 Å². The van der Waals surface area contributed by atoms with Crippen molar-refractivity contribution in [3.63, 3.8) is 0 Å². The van der Waals surface area contributed by atoms with Crippen LogP contribution in [0.15, 0.2) is 51.9 Å². The van der Waals surface area contributed by atoms with Crippen LogP contribution in [0.4, 0.5) is 0 Å². The molecule has 5 heteroatoms. The maximum absolute atomic E-state index is 12.1. The molecule has 1 amide bonds. The molecule has 0 saturated carbocycles. The third-order valence-electron chi connectivity index (χ3n) is 3.35. The minimum atomic E-state index is -0.283. The highest BCUT2D eigenvalue weighted by molar-refractivity contribution is 9.10. The van der Waals surface area contributed by atoms with Gasteiger partial charge < -0.3 is 10.3 Å². The van der Waals surface area contributed by atoms with Gasteiger partial charge >= 0.3 is 0 Å². The van der Waals surface area contributed by atoms with E-state index in [1.54, 1.807) is 6.07 Å². The highest BCUT2D eigenvalue weighted by Gasteiger charge is 2.21. The average Bonchev–Trinajstić information content (AvgIpc) is 2.45. The van der Waals surface area contributed by atoms with Crippen LogP contribution >= 0.6 is 15.9 Å². The van der Waals surface area contributed by atoms with Gasteiger partial charge in [0.25, 0.3) is 5.91 Å². The van der Waals surface area contributed by atoms with Crippen LogP contribution in [0.1, 0.15) is 29.8 Å². The number of nitrogens with one attached hydrogen (secondary N) is 2. The molecule has 0 saturated heterocycles. The number of carbonyl (C=O) groups is 1. The highest BCUT2D eigenvalue weighted by atomic mass is 79.9. The van der Waals surface area contributed by atoms with Crippen molar-refractivity contribution in [3.8, 4) is 0 Å². The van der Waals surface area contributed by atoms with E-state index in [0.717, 1.165) is 10.0 Å². The van der Waals surface area contributed by atoms with Crippen LogP contribution in [0.25, 0.3) is 0 Å². The molecule has 1 heterocycles. The molecule has 4 nitrogen and oxygen atoms in total. The summed E-state index contributed by atoms with van der Waals surface area (Å²) in [6.07, 6.45) is 1.47. The lowest BCUT2D eigenvalue weighted by Gasteiger charge is -2.25. The topological polar surface area (TPSA) is 62.0 Å². The van der Waals surface area contributed by atoms with Crippen LogP contribution in [0.3, 0.4) is 0 Å². The highest BCUT2D eigenvalue weighted by Crippen LogP contribution is 2.24. The molecule has 0 fully saturated rings. The first-order valence-electron chi connectivity index (χ1n) is 6.61. The Bertz CT molecular complexity index is 690. The molecule has 1 aromatic heterocycles. The van der Waals surface area contributed by atoms with Gasteiger partial charge in [-0.1, -0.05) is 41.9 Å². The van der Waals surface area contributed by atoms with E-state index in [-0.39, 0.29) is 16.9 Å². The van der Waals surface area contributed by atoms with Crippen LogP contribution in [-0.4, -0.2) is 17.4 Å². The summed E-state index contributed by atoms with van der Waals surface area (Å²) in [6, 6.07) is 10.9. The van der Waals surface area contributed by atoms with Gasteiger partial charge in [-0.15, -0.1) is 0 Å². The zero-order valence-corrected chi connectivity index (χ0v) is 13.5. The summed E-state index contributed by atoms with van der Waals surface area (Å²) < 4.78 is 1.02. The van der Waals surface area contributed by atoms with Crippen molar-refractivity contribution in [1.29, 1.82) is 0 Å². The van der Waals surface area contributed by atoms with E-state index in [4.69, 9.17) is 0 Å². The number of benzene rings is 1. The predicted molar refractivity (Wildman–Crippen MR) is 86.6 cm³/mol. The lowest BCUT2D eigenvalue weighted by molar-refractivity contribution is 0.0945. The predicted octanol–water partition coefficient (Wildman–Crippen LogP) is 2.85. The summed E-state index contributed by atoms with van der Waals surface area (Å²) in [4.78, 5) is 25.8. The van der Waals surface area contributed by atoms with Crippen molar-refractivity contribution in [2.45, 2.75) is 19.3 Å².